The average Bonchev–Trinajstić information content (AvgIpc) is 2.38. The van der Waals surface area contributed by atoms with E-state index in [2.05, 4.69) is 16.9 Å². The maximum Gasteiger partial charge on any atom is 3.00 e. The first-order valence-corrected chi connectivity index (χ1v) is 3.83. The zero-order valence-electron chi connectivity index (χ0n) is 10.5. The Morgan fingerprint density at radius 2 is 1.71 bits per heavy atom. The molecule has 1 aliphatic rings. The molecule has 0 saturated carbocycles. The number of hydrogen-bond acceptors (Lipinski definition) is 2. The molecule has 0 atom stereocenters. The van der Waals surface area contributed by atoms with E-state index in [1.54, 1.807) is 20.8 Å². The Morgan fingerprint density at radius 3 is 1.76 bits per heavy atom. The normalized spacial score (nSPS) is 9.59. The molecule has 17 heavy (non-hydrogen) atoms. The van der Waals surface area contributed by atoms with Gasteiger partial charge < -0.3 is 17.0 Å². The second-order valence-electron chi connectivity index (χ2n) is 3.30. The molecule has 0 aromatic heterocycles. The molecule has 2 nitrogen and oxygen atoms in total. The molecule has 1 rings (SSSR count). The Morgan fingerprint density at radius 1 is 1.24 bits per heavy atom. The first-order valence-electron chi connectivity index (χ1n) is 3.83. The molecule has 0 aliphatic heterocycles. The van der Waals surface area contributed by atoms with Gasteiger partial charge in [0.2, 0.25) is 0 Å². The molecule has 0 bridgehead atoms. The minimum absolute atomic E-state index is 0. The van der Waals surface area contributed by atoms with Crippen molar-refractivity contribution in [2.45, 2.75) is 32.8 Å². The molecule has 0 heterocycles. The van der Waals surface area contributed by atoms with E-state index >= 15 is 0 Å². The van der Waals surface area contributed by atoms with Crippen LogP contribution in [0.15, 0.2) is 18.2 Å². The predicted octanol–water partition coefficient (Wildman–Crippen LogP) is 3.89. The van der Waals surface area contributed by atoms with Gasteiger partial charge in [-0.05, 0) is 20.8 Å². The molecular formula is C11H20Cl3O2Ti. The zero-order chi connectivity index (χ0) is 9.45. The fourth-order valence-electron chi connectivity index (χ4n) is 0.465. The minimum atomic E-state index is -0.373. The molecule has 0 unspecified atom stereocenters. The van der Waals surface area contributed by atoms with E-state index in [0.717, 1.165) is 6.42 Å². The Labute approximate surface area is 139 Å². The molecule has 101 valence electrons. The van der Waals surface area contributed by atoms with Gasteiger partial charge in [0.05, 0.1) is 5.60 Å². The topological polar surface area (TPSA) is 26.3 Å². The molecule has 0 aromatic carbocycles. The van der Waals surface area contributed by atoms with E-state index in [4.69, 9.17) is 0 Å². The van der Waals surface area contributed by atoms with Gasteiger partial charge in [-0.15, -0.1) is 43.6 Å². The van der Waals surface area contributed by atoms with Crippen molar-refractivity contribution >= 4 is 43.7 Å². The summed E-state index contributed by atoms with van der Waals surface area (Å²) in [6.07, 6.45) is 10.0. The van der Waals surface area contributed by atoms with Gasteiger partial charge in [-0.2, -0.15) is 6.08 Å². The molecule has 0 spiro atoms. The Bertz CT molecular complexity index is 180. The van der Waals surface area contributed by atoms with E-state index in [0.29, 0.717) is 0 Å². The van der Waals surface area contributed by atoms with E-state index in [9.17, 15) is 4.79 Å². The minimum Gasteiger partial charge on any atom is -0.649 e. The van der Waals surface area contributed by atoms with Crippen molar-refractivity contribution in [2.24, 2.45) is 0 Å². The van der Waals surface area contributed by atoms with Crippen LogP contribution in [0.25, 0.3) is 0 Å². The fourth-order valence-corrected chi connectivity index (χ4v) is 0.465. The van der Waals surface area contributed by atoms with Crippen molar-refractivity contribution in [3.05, 3.63) is 31.7 Å². The van der Waals surface area contributed by atoms with Crippen LogP contribution >= 0.6 is 37.2 Å². The maximum atomic E-state index is 9.47. The summed E-state index contributed by atoms with van der Waals surface area (Å²) >= 11 is 0. The van der Waals surface area contributed by atoms with E-state index in [1.165, 1.54) is 6.47 Å². The molecule has 6 heteroatoms. The van der Waals surface area contributed by atoms with Crippen molar-refractivity contribution in [3.8, 4) is 0 Å². The standard InChI is InChI=1S/C5H9O2.C5H5.CH3.3ClH.Ti/c1-5(2,3)7-4-6;1-2-4-5-3-1;;;;;/h1-3H3;1-3H,4H2;1H3;3*1H;/q3*-1;;;;+3. The Hall–Kier alpha value is 0.534. The van der Waals surface area contributed by atoms with Crippen LogP contribution in [0.1, 0.15) is 27.2 Å². The van der Waals surface area contributed by atoms with Gasteiger partial charge >= 0.3 is 21.7 Å². The summed E-state index contributed by atoms with van der Waals surface area (Å²) in [5.74, 6) is 0. The first-order chi connectivity index (χ1) is 5.56. The number of halogens is 3. The van der Waals surface area contributed by atoms with Crippen LogP contribution in [0.3, 0.4) is 0 Å². The molecule has 0 aromatic rings. The number of carbonyl (C=O) groups excluding carboxylic acids is 1. The summed E-state index contributed by atoms with van der Waals surface area (Å²) in [6.45, 7) is 6.73. The van der Waals surface area contributed by atoms with E-state index < -0.39 is 0 Å². The van der Waals surface area contributed by atoms with Crippen LogP contribution in [0.5, 0.6) is 0 Å². The average molecular weight is 339 g/mol. The van der Waals surface area contributed by atoms with Gasteiger partial charge in [0, 0.05) is 0 Å². The smallest absolute Gasteiger partial charge is 0.649 e. The fraction of sp³-hybridized carbons (Fsp3) is 0.455. The summed E-state index contributed by atoms with van der Waals surface area (Å²) in [4.78, 5) is 9.47. The largest absolute Gasteiger partial charge is 3.00 e. The molecule has 1 radical (unpaired) electrons. The summed E-state index contributed by atoms with van der Waals surface area (Å²) in [5, 5.41) is 0. The zero-order valence-corrected chi connectivity index (χ0v) is 14.5. The number of hydrogen-bond donors (Lipinski definition) is 0. The molecule has 0 N–H and O–H groups in total. The van der Waals surface area contributed by atoms with Crippen molar-refractivity contribution in [1.29, 1.82) is 0 Å². The van der Waals surface area contributed by atoms with Crippen LogP contribution < -0.4 is 0 Å². The maximum absolute atomic E-state index is 9.47. The van der Waals surface area contributed by atoms with Gasteiger partial charge in [-0.1, -0.05) is 6.47 Å². The third-order valence-corrected chi connectivity index (χ3v) is 0.934. The summed E-state index contributed by atoms with van der Waals surface area (Å²) < 4.78 is 4.42. The second-order valence-corrected chi connectivity index (χ2v) is 3.30. The van der Waals surface area contributed by atoms with Crippen molar-refractivity contribution in [1.82, 2.24) is 0 Å². The second kappa shape index (κ2) is 21.8. The monoisotopic (exact) mass is 337 g/mol. The van der Waals surface area contributed by atoms with Crippen LogP contribution in [-0.2, 0) is 31.2 Å². The first kappa shape index (κ1) is 36.0. The number of allylic oxidation sites excluding steroid dienone is 4. The summed E-state index contributed by atoms with van der Waals surface area (Å²) in [5.41, 5.74) is -0.373. The quantitative estimate of drug-likeness (QED) is 0.536. The molecule has 0 saturated heterocycles. The molecule has 0 fully saturated rings. The Kier molecular flexibility index (Phi) is 46.2. The van der Waals surface area contributed by atoms with E-state index in [1.807, 2.05) is 12.2 Å². The van der Waals surface area contributed by atoms with Crippen LogP contribution in [0, 0.1) is 13.5 Å². The third-order valence-electron chi connectivity index (χ3n) is 0.934. The number of rotatable bonds is 1. The molecule has 0 amide bonds. The van der Waals surface area contributed by atoms with Crippen LogP contribution in [0.4, 0.5) is 0 Å². The summed E-state index contributed by atoms with van der Waals surface area (Å²) in [7, 11) is 0. The van der Waals surface area contributed by atoms with Gasteiger partial charge in [0.25, 0.3) is 0 Å². The Balaban J connectivity index is -0.0000000280. The third kappa shape index (κ3) is 38.4. The van der Waals surface area contributed by atoms with Gasteiger partial charge in [0.1, 0.15) is 0 Å². The van der Waals surface area contributed by atoms with Crippen molar-refractivity contribution in [3.63, 3.8) is 0 Å². The van der Waals surface area contributed by atoms with Crippen molar-refractivity contribution in [2.75, 3.05) is 0 Å². The molecular weight excluding hydrogens is 318 g/mol. The van der Waals surface area contributed by atoms with Gasteiger partial charge in [-0.25, -0.2) is 12.2 Å². The molecule has 1 aliphatic carbocycles. The van der Waals surface area contributed by atoms with Crippen molar-refractivity contribution < 1.29 is 31.2 Å². The SMILES string of the molecule is CC(C)(C)O[C-]=O.Cl.Cl.Cl.[C-]1=CC=CC1.[CH3-].[Ti+3]. The predicted molar refractivity (Wildman–Crippen MR) is 76.3 cm³/mol. The summed E-state index contributed by atoms with van der Waals surface area (Å²) in [6, 6.07) is 0. The van der Waals surface area contributed by atoms with Crippen LogP contribution in [-0.4, -0.2) is 12.1 Å². The van der Waals surface area contributed by atoms with Crippen LogP contribution in [0.2, 0.25) is 0 Å². The van der Waals surface area contributed by atoms with E-state index in [-0.39, 0.29) is 72.0 Å². The number of ether oxygens (including phenoxy) is 1. The van der Waals surface area contributed by atoms with Gasteiger partial charge in [-0.3, -0.25) is 6.08 Å². The van der Waals surface area contributed by atoms with Gasteiger partial charge in [0.15, 0.2) is 0 Å².